The van der Waals surface area contributed by atoms with E-state index in [-0.39, 0.29) is 5.92 Å². The summed E-state index contributed by atoms with van der Waals surface area (Å²) in [5, 5.41) is 3.26. The number of ketones is 1. The number of hydrogen-bond acceptors (Lipinski definition) is 2. The molecule has 1 fully saturated rings. The van der Waals surface area contributed by atoms with Crippen LogP contribution < -0.4 is 5.32 Å². The first kappa shape index (κ1) is 9.91. The molecule has 14 heavy (non-hydrogen) atoms. The Morgan fingerprint density at radius 1 is 1.36 bits per heavy atom. The lowest BCUT2D eigenvalue weighted by Crippen LogP contribution is -2.19. The Labute approximate surface area is 85.8 Å². The SMILES string of the molecule is O=C(C1=CCCCCC1)C1CCNC1. The Morgan fingerprint density at radius 2 is 2.29 bits per heavy atom. The molecular weight excluding hydrogens is 174 g/mol. The van der Waals surface area contributed by atoms with Crippen LogP contribution in [0.5, 0.6) is 0 Å². The van der Waals surface area contributed by atoms with Crippen LogP contribution in [0.2, 0.25) is 0 Å². The maximum Gasteiger partial charge on any atom is 0.162 e. The van der Waals surface area contributed by atoms with E-state index in [1.165, 1.54) is 19.3 Å². The normalized spacial score (nSPS) is 28.3. The van der Waals surface area contributed by atoms with Crippen LogP contribution in [0, 0.1) is 5.92 Å². The van der Waals surface area contributed by atoms with Crippen LogP contribution in [0.3, 0.4) is 0 Å². The highest BCUT2D eigenvalue weighted by molar-refractivity contribution is 5.97. The minimum Gasteiger partial charge on any atom is -0.316 e. The Morgan fingerprint density at radius 3 is 3.07 bits per heavy atom. The number of carbonyl (C=O) groups is 1. The minimum atomic E-state index is 0.277. The number of carbonyl (C=O) groups excluding carboxylic acids is 1. The molecule has 0 bridgehead atoms. The summed E-state index contributed by atoms with van der Waals surface area (Å²) in [6.07, 6.45) is 9.12. The predicted molar refractivity (Wildman–Crippen MR) is 57.2 cm³/mol. The van der Waals surface area contributed by atoms with Crippen molar-refractivity contribution in [3.05, 3.63) is 11.6 Å². The van der Waals surface area contributed by atoms with Crippen LogP contribution in [0.25, 0.3) is 0 Å². The van der Waals surface area contributed by atoms with Crippen molar-refractivity contribution in [2.24, 2.45) is 5.92 Å². The molecule has 1 N–H and O–H groups in total. The summed E-state index contributed by atoms with van der Waals surface area (Å²) in [6, 6.07) is 0. The molecule has 2 rings (SSSR count). The summed E-state index contributed by atoms with van der Waals surface area (Å²) in [4.78, 5) is 12.0. The molecule has 1 atom stereocenters. The molecule has 2 heteroatoms. The summed E-state index contributed by atoms with van der Waals surface area (Å²) in [5.74, 6) is 0.705. The molecule has 0 aromatic carbocycles. The molecule has 1 aliphatic carbocycles. The van der Waals surface area contributed by atoms with Gasteiger partial charge in [0.2, 0.25) is 0 Å². The molecule has 0 radical (unpaired) electrons. The van der Waals surface area contributed by atoms with Crippen molar-refractivity contribution >= 4 is 5.78 Å². The van der Waals surface area contributed by atoms with Crippen LogP contribution >= 0.6 is 0 Å². The van der Waals surface area contributed by atoms with Crippen molar-refractivity contribution < 1.29 is 4.79 Å². The first-order chi connectivity index (χ1) is 6.88. The van der Waals surface area contributed by atoms with Gasteiger partial charge in [-0.2, -0.15) is 0 Å². The van der Waals surface area contributed by atoms with E-state index in [0.29, 0.717) is 5.78 Å². The van der Waals surface area contributed by atoms with Gasteiger partial charge in [-0.1, -0.05) is 12.5 Å². The molecule has 2 aliphatic rings. The van der Waals surface area contributed by atoms with Crippen LogP contribution in [0.4, 0.5) is 0 Å². The fraction of sp³-hybridized carbons (Fsp3) is 0.750. The lowest BCUT2D eigenvalue weighted by Gasteiger charge is -2.09. The van der Waals surface area contributed by atoms with E-state index < -0.39 is 0 Å². The molecule has 78 valence electrons. The molecular formula is C12H19NO. The quantitative estimate of drug-likeness (QED) is 0.727. The maximum atomic E-state index is 12.0. The molecule has 0 aromatic heterocycles. The van der Waals surface area contributed by atoms with Gasteiger partial charge < -0.3 is 5.32 Å². The van der Waals surface area contributed by atoms with Gasteiger partial charge in [0.25, 0.3) is 0 Å². The van der Waals surface area contributed by atoms with Crippen LogP contribution in [0.15, 0.2) is 11.6 Å². The molecule has 1 saturated heterocycles. The van der Waals surface area contributed by atoms with E-state index in [1.54, 1.807) is 0 Å². The van der Waals surface area contributed by atoms with Gasteiger partial charge in [0.05, 0.1) is 0 Å². The first-order valence-electron chi connectivity index (χ1n) is 5.82. The van der Waals surface area contributed by atoms with Gasteiger partial charge in [0.15, 0.2) is 5.78 Å². The lowest BCUT2D eigenvalue weighted by molar-refractivity contribution is -0.118. The van der Waals surface area contributed by atoms with Crippen molar-refractivity contribution in [2.75, 3.05) is 13.1 Å². The van der Waals surface area contributed by atoms with E-state index in [9.17, 15) is 4.79 Å². The summed E-state index contributed by atoms with van der Waals surface area (Å²) in [7, 11) is 0. The molecule has 0 aromatic rings. The fourth-order valence-electron chi connectivity index (χ4n) is 2.38. The zero-order valence-electron chi connectivity index (χ0n) is 8.72. The maximum absolute atomic E-state index is 12.0. The van der Waals surface area contributed by atoms with Gasteiger partial charge >= 0.3 is 0 Å². The Balaban J connectivity index is 1.97. The summed E-state index contributed by atoms with van der Waals surface area (Å²) < 4.78 is 0. The highest BCUT2D eigenvalue weighted by Crippen LogP contribution is 2.22. The van der Waals surface area contributed by atoms with Gasteiger partial charge in [0, 0.05) is 12.5 Å². The van der Waals surface area contributed by atoms with Gasteiger partial charge in [-0.25, -0.2) is 0 Å². The van der Waals surface area contributed by atoms with Gasteiger partial charge in [-0.15, -0.1) is 0 Å². The van der Waals surface area contributed by atoms with Crippen LogP contribution in [0.1, 0.15) is 38.5 Å². The Hall–Kier alpha value is -0.630. The number of allylic oxidation sites excluding steroid dienone is 2. The highest BCUT2D eigenvalue weighted by Gasteiger charge is 2.24. The van der Waals surface area contributed by atoms with Gasteiger partial charge in [-0.3, -0.25) is 4.79 Å². The van der Waals surface area contributed by atoms with Crippen molar-refractivity contribution in [3.8, 4) is 0 Å². The molecule has 1 heterocycles. The molecule has 0 spiro atoms. The van der Waals surface area contributed by atoms with Crippen molar-refractivity contribution in [3.63, 3.8) is 0 Å². The summed E-state index contributed by atoms with van der Waals surface area (Å²) >= 11 is 0. The second-order valence-electron chi connectivity index (χ2n) is 4.38. The summed E-state index contributed by atoms with van der Waals surface area (Å²) in [6.45, 7) is 1.92. The number of hydrogen-bond donors (Lipinski definition) is 1. The average Bonchev–Trinajstić information content (AvgIpc) is 2.59. The third-order valence-corrected chi connectivity index (χ3v) is 3.29. The molecule has 1 unspecified atom stereocenters. The largest absolute Gasteiger partial charge is 0.316 e. The third-order valence-electron chi connectivity index (χ3n) is 3.29. The van der Waals surface area contributed by atoms with E-state index >= 15 is 0 Å². The number of Topliss-reactive ketones (excluding diaryl/α,β-unsaturated/α-hetero) is 1. The van der Waals surface area contributed by atoms with Crippen molar-refractivity contribution in [1.82, 2.24) is 5.32 Å². The standard InChI is InChI=1S/C12H19NO/c14-12(11-7-8-13-9-11)10-5-3-1-2-4-6-10/h5,11,13H,1-4,6-9H2. The Kier molecular flexibility index (Phi) is 3.35. The number of nitrogens with one attached hydrogen (secondary N) is 1. The number of rotatable bonds is 2. The smallest absolute Gasteiger partial charge is 0.162 e. The van der Waals surface area contributed by atoms with Crippen molar-refractivity contribution in [2.45, 2.75) is 38.5 Å². The van der Waals surface area contributed by atoms with E-state index in [4.69, 9.17) is 0 Å². The zero-order chi connectivity index (χ0) is 9.80. The Bertz CT molecular complexity index is 239. The van der Waals surface area contributed by atoms with Crippen LogP contribution in [-0.2, 0) is 4.79 Å². The average molecular weight is 193 g/mol. The van der Waals surface area contributed by atoms with Gasteiger partial charge in [-0.05, 0) is 44.2 Å². The van der Waals surface area contributed by atoms with E-state index in [2.05, 4.69) is 11.4 Å². The summed E-state index contributed by atoms with van der Waals surface area (Å²) in [5.41, 5.74) is 1.12. The minimum absolute atomic E-state index is 0.277. The van der Waals surface area contributed by atoms with Crippen molar-refractivity contribution in [1.29, 1.82) is 0 Å². The second-order valence-corrected chi connectivity index (χ2v) is 4.38. The predicted octanol–water partition coefficient (Wildman–Crippen LogP) is 2.06. The topological polar surface area (TPSA) is 29.1 Å². The third kappa shape index (κ3) is 2.24. The molecule has 2 nitrogen and oxygen atoms in total. The zero-order valence-corrected chi connectivity index (χ0v) is 8.72. The molecule has 0 amide bonds. The highest BCUT2D eigenvalue weighted by atomic mass is 16.1. The molecule has 1 aliphatic heterocycles. The molecule has 0 saturated carbocycles. The fourth-order valence-corrected chi connectivity index (χ4v) is 2.38. The second kappa shape index (κ2) is 4.74. The first-order valence-corrected chi connectivity index (χ1v) is 5.82. The monoisotopic (exact) mass is 193 g/mol. The lowest BCUT2D eigenvalue weighted by atomic mass is 9.94. The van der Waals surface area contributed by atoms with E-state index in [0.717, 1.165) is 37.9 Å². The van der Waals surface area contributed by atoms with E-state index in [1.807, 2.05) is 0 Å². The van der Waals surface area contributed by atoms with Crippen LogP contribution in [-0.4, -0.2) is 18.9 Å². The van der Waals surface area contributed by atoms with Gasteiger partial charge in [0.1, 0.15) is 0 Å².